The van der Waals surface area contributed by atoms with Gasteiger partial charge in [-0.1, -0.05) is 51.1 Å². The Morgan fingerprint density at radius 3 is 2.29 bits per heavy atom. The van der Waals surface area contributed by atoms with Gasteiger partial charge in [0.1, 0.15) is 54.5 Å². The van der Waals surface area contributed by atoms with Crippen molar-refractivity contribution >= 4 is 45.6 Å². The number of nitrogens with one attached hydrogen (secondary N) is 4. The summed E-state index contributed by atoms with van der Waals surface area (Å²) in [5.41, 5.74) is 19.3. The van der Waals surface area contributed by atoms with E-state index in [2.05, 4.69) is 27.0 Å². The summed E-state index contributed by atoms with van der Waals surface area (Å²) in [6.07, 6.45) is -1.11. The first kappa shape index (κ1) is 55.5. The zero-order valence-electron chi connectivity index (χ0n) is 40.6. The van der Waals surface area contributed by atoms with Crippen LogP contribution in [-0.2, 0) is 41.2 Å². The Morgan fingerprint density at radius 1 is 1.01 bits per heavy atom. The molecular formula is C48H61N11O12S. The van der Waals surface area contributed by atoms with Gasteiger partial charge in [-0.15, -0.1) is 0 Å². The number of aliphatic hydroxyl groups is 1. The van der Waals surface area contributed by atoms with Crippen LogP contribution >= 0.6 is 0 Å². The third-order valence-electron chi connectivity index (χ3n) is 11.8. The quantitative estimate of drug-likeness (QED) is 0.0635. The molecule has 24 heteroatoms. The fraction of sp³-hybridized carbons (Fsp3) is 0.396. The number of hydrogen-bond acceptors (Lipinski definition) is 16. The molecule has 4 amide bonds. The Balaban J connectivity index is 1.69. The molecule has 0 spiro atoms. The SMILES string of the molecule is Cc1c(C#N)c(-c2ccc(C(C)(C)C)cc2)nc(N)c1C(=O)N[C@@H](CNS(N)(=O)=O)C(=O)N(C)[C@@H]1C(=O)N[C@@H](C)C(=O)N[C@H](C(=O)O)Cc2ccc(OCCCN)c(c2)-c2cc1cc(OC[C@H](O)CN)c2O. The van der Waals surface area contributed by atoms with Crippen molar-refractivity contribution in [2.75, 3.05) is 45.6 Å². The molecule has 5 atom stereocenters. The number of rotatable bonds is 17. The molecule has 0 fully saturated rings. The van der Waals surface area contributed by atoms with Crippen molar-refractivity contribution in [3.05, 3.63) is 88.0 Å². The second-order valence-electron chi connectivity index (χ2n) is 18.2. The van der Waals surface area contributed by atoms with Crippen LogP contribution in [0, 0.1) is 18.3 Å². The molecule has 0 saturated carbocycles. The van der Waals surface area contributed by atoms with Crippen LogP contribution in [0.1, 0.15) is 78.3 Å². The molecule has 0 radical (unpaired) electrons. The molecule has 5 rings (SSSR count). The van der Waals surface area contributed by atoms with Crippen LogP contribution in [0.25, 0.3) is 22.4 Å². The first-order chi connectivity index (χ1) is 33.8. The van der Waals surface area contributed by atoms with E-state index in [1.54, 1.807) is 18.2 Å². The molecule has 0 aliphatic carbocycles. The molecule has 72 heavy (non-hydrogen) atoms. The molecule has 1 aromatic heterocycles. The Morgan fingerprint density at radius 2 is 1.69 bits per heavy atom. The molecule has 3 aromatic carbocycles. The van der Waals surface area contributed by atoms with Crippen LogP contribution in [0.5, 0.6) is 17.2 Å². The summed E-state index contributed by atoms with van der Waals surface area (Å²) < 4.78 is 38.5. The maximum Gasteiger partial charge on any atom is 0.326 e. The molecule has 23 nitrogen and oxygen atoms in total. The second-order valence-corrected chi connectivity index (χ2v) is 19.6. The molecule has 15 N–H and O–H groups in total. The topological polar surface area (TPSA) is 391 Å². The van der Waals surface area contributed by atoms with E-state index in [4.69, 9.17) is 31.8 Å². The van der Waals surface area contributed by atoms with Crippen molar-refractivity contribution in [2.45, 2.75) is 83.1 Å². The number of nitrogen functional groups attached to an aromatic ring is 1. The van der Waals surface area contributed by atoms with E-state index >= 15 is 0 Å². The zero-order chi connectivity index (χ0) is 53.4. The van der Waals surface area contributed by atoms with Gasteiger partial charge in [0, 0.05) is 43.2 Å². The Kier molecular flexibility index (Phi) is 17.9. The maximum absolute atomic E-state index is 14.9. The van der Waals surface area contributed by atoms with Gasteiger partial charge in [-0.2, -0.15) is 18.4 Å². The summed E-state index contributed by atoms with van der Waals surface area (Å²) in [4.78, 5) is 75.3. The van der Waals surface area contributed by atoms with Crippen molar-refractivity contribution < 1.29 is 57.2 Å². The van der Waals surface area contributed by atoms with Crippen molar-refractivity contribution in [3.63, 3.8) is 0 Å². The largest absolute Gasteiger partial charge is 0.504 e. The summed E-state index contributed by atoms with van der Waals surface area (Å²) in [5.74, 6) is -6.72. The highest BCUT2D eigenvalue weighted by Gasteiger charge is 2.38. The van der Waals surface area contributed by atoms with Gasteiger partial charge < -0.3 is 62.8 Å². The summed E-state index contributed by atoms with van der Waals surface area (Å²) >= 11 is 0. The number of aromatic hydroxyl groups is 1. The van der Waals surface area contributed by atoms with Gasteiger partial charge in [0.05, 0.1) is 23.4 Å². The molecule has 1 aliphatic heterocycles. The number of anilines is 1. The minimum atomic E-state index is -4.57. The number of nitrogens with zero attached hydrogens (tertiary/aromatic N) is 3. The van der Waals surface area contributed by atoms with Crippen LogP contribution in [0.4, 0.5) is 5.82 Å². The van der Waals surface area contributed by atoms with Gasteiger partial charge in [0.25, 0.3) is 16.1 Å². The second kappa shape index (κ2) is 23.2. The number of phenols is 1. The number of nitrogens with two attached hydrogens (primary N) is 4. The number of nitriles is 1. The molecule has 4 aromatic rings. The molecule has 2 heterocycles. The van der Waals surface area contributed by atoms with E-state index in [0.29, 0.717) is 17.5 Å². The molecule has 4 bridgehead atoms. The van der Waals surface area contributed by atoms with Gasteiger partial charge in [0.15, 0.2) is 11.5 Å². The summed E-state index contributed by atoms with van der Waals surface area (Å²) in [7, 11) is -3.44. The summed E-state index contributed by atoms with van der Waals surface area (Å²) in [6.45, 7) is 7.51. The molecule has 386 valence electrons. The number of carboxylic acids is 1. The highest BCUT2D eigenvalue weighted by atomic mass is 32.2. The van der Waals surface area contributed by atoms with E-state index in [1.807, 2.05) is 37.6 Å². The van der Waals surface area contributed by atoms with Crippen molar-refractivity contribution in [2.24, 2.45) is 16.6 Å². The van der Waals surface area contributed by atoms with Crippen LogP contribution in [-0.4, -0.2) is 127 Å². The Hall–Kier alpha value is -7.40. The smallest absolute Gasteiger partial charge is 0.326 e. The normalized spacial score (nSPS) is 17.0. The standard InChI is InChI=1S/C48H61N11O12S/c1-24-33(21-51)39(27-9-11-29(12-10-27)48(3,4)5)58-42(52)38(24)44(63)57-35(22-54-72(53,68)69)46(65)59(6)40-28-18-32(41(61)37(19-28)71-23-30(60)20-50)31-16-26(8-13-36(31)70-15-7-14-49)17-34(47(66)67)56-43(62)25(2)55-45(40)64/h8-13,16,18-19,25,30,34-35,40,54,60-61H,7,14-15,17,20,22-23,49-50H2,1-6H3,(H2,52,58)(H,55,64)(H,56,62)(H,57,63)(H,66,67)(H2,53,68,69)/t25-,30+,34-,35-,40-/m0/s1. The number of ether oxygens (including phenoxy) is 2. The van der Waals surface area contributed by atoms with E-state index in [0.717, 1.165) is 17.5 Å². The average Bonchev–Trinajstić information content (AvgIpc) is 3.31. The van der Waals surface area contributed by atoms with Crippen LogP contribution in [0.2, 0.25) is 0 Å². The summed E-state index contributed by atoms with van der Waals surface area (Å²) in [6, 6.07) is 9.64. The first-order valence-corrected chi connectivity index (χ1v) is 24.2. The van der Waals surface area contributed by atoms with E-state index in [1.165, 1.54) is 38.1 Å². The number of aliphatic hydroxyl groups excluding tert-OH is 1. The molecule has 1 aliphatic rings. The lowest BCUT2D eigenvalue weighted by Crippen LogP contribution is -2.57. The number of carboxylic acid groups (broad SMARTS) is 1. The summed E-state index contributed by atoms with van der Waals surface area (Å²) in [5, 5.41) is 55.5. The Bertz CT molecular complexity index is 2870. The van der Waals surface area contributed by atoms with Crippen molar-refractivity contribution in [1.29, 1.82) is 5.26 Å². The van der Waals surface area contributed by atoms with Gasteiger partial charge in [-0.25, -0.2) is 14.9 Å². The predicted molar refractivity (Wildman–Crippen MR) is 264 cm³/mol. The number of carbonyl (C=O) groups excluding carboxylic acids is 4. The third kappa shape index (κ3) is 13.3. The molecule has 0 unspecified atom stereocenters. The minimum Gasteiger partial charge on any atom is -0.504 e. The number of likely N-dealkylation sites (N-methyl/N-ethyl adjacent to an activating group) is 1. The van der Waals surface area contributed by atoms with Crippen LogP contribution < -0.4 is 52.5 Å². The number of aromatic nitrogens is 1. The van der Waals surface area contributed by atoms with Crippen LogP contribution in [0.15, 0.2) is 54.6 Å². The zero-order valence-corrected chi connectivity index (χ0v) is 41.4. The Labute approximate surface area is 416 Å². The number of aliphatic carboxylic acids is 1. The minimum absolute atomic E-state index is 0.0247. The van der Waals surface area contributed by atoms with Crippen LogP contribution in [0.3, 0.4) is 0 Å². The monoisotopic (exact) mass is 1020 g/mol. The highest BCUT2D eigenvalue weighted by Crippen LogP contribution is 2.45. The average molecular weight is 1020 g/mol. The number of hydrogen-bond donors (Lipinski definition) is 11. The number of amides is 4. The highest BCUT2D eigenvalue weighted by molar-refractivity contribution is 7.87. The van der Waals surface area contributed by atoms with Crippen molar-refractivity contribution in [1.82, 2.24) is 30.6 Å². The number of fused-ring (bicyclic) bond motifs is 5. The van der Waals surface area contributed by atoms with E-state index in [9.17, 15) is 53.0 Å². The lowest BCUT2D eigenvalue weighted by molar-refractivity contribution is -0.143. The van der Waals surface area contributed by atoms with Gasteiger partial charge in [-0.05, 0) is 78.7 Å². The van der Waals surface area contributed by atoms with E-state index in [-0.39, 0.29) is 87.9 Å². The number of phenolic OH excluding ortho intramolecular Hbond substituents is 1. The molecule has 0 saturated heterocycles. The van der Waals surface area contributed by atoms with Crippen molar-refractivity contribution in [3.8, 4) is 45.7 Å². The lowest BCUT2D eigenvalue weighted by atomic mass is 9.86. The van der Waals surface area contributed by atoms with Gasteiger partial charge in [0.2, 0.25) is 17.7 Å². The van der Waals surface area contributed by atoms with Gasteiger partial charge >= 0.3 is 5.97 Å². The first-order valence-electron chi connectivity index (χ1n) is 22.6. The molecular weight excluding hydrogens is 955 g/mol. The number of pyridine rings is 1. The van der Waals surface area contributed by atoms with Gasteiger partial charge in [-0.3, -0.25) is 19.2 Å². The lowest BCUT2D eigenvalue weighted by Gasteiger charge is -2.33. The fourth-order valence-corrected chi connectivity index (χ4v) is 8.19. The number of carbonyl (C=O) groups is 5. The third-order valence-corrected chi connectivity index (χ3v) is 12.3. The number of benzene rings is 3. The van der Waals surface area contributed by atoms with E-state index < -0.39 is 89.0 Å². The maximum atomic E-state index is 14.9. The fourth-order valence-electron chi connectivity index (χ4n) is 7.79. The predicted octanol–water partition coefficient (Wildman–Crippen LogP) is 0.328.